The molecule has 0 bridgehead atoms. The molecule has 1 rings (SSSR count). The predicted octanol–water partition coefficient (Wildman–Crippen LogP) is 1.67. The Morgan fingerprint density at radius 1 is 1.50 bits per heavy atom. The third kappa shape index (κ3) is 1.83. The Kier molecular flexibility index (Phi) is 2.49. The van der Waals surface area contributed by atoms with Gasteiger partial charge in [-0.05, 0) is 10.8 Å². The Hall–Kier alpha value is -0.880. The summed E-state index contributed by atoms with van der Waals surface area (Å²) in [7, 11) is -1.70. The standard InChI is InChI=1S/C6H8N2O2S2/c7-5(8-6(9)10)12(11)3-1-2-4-12/h1-4,11H,(H2,7,8)(H,9,10). The van der Waals surface area contributed by atoms with Crippen molar-refractivity contribution in [2.24, 2.45) is 10.7 Å². The number of hydrogen-bond acceptors (Lipinski definition) is 2. The van der Waals surface area contributed by atoms with Gasteiger partial charge in [0.15, 0.2) is 5.17 Å². The van der Waals surface area contributed by atoms with Crippen molar-refractivity contribution in [1.29, 1.82) is 0 Å². The molecule has 66 valence electrons. The van der Waals surface area contributed by atoms with Gasteiger partial charge in [0, 0.05) is 0 Å². The van der Waals surface area contributed by atoms with Crippen LogP contribution in [0.25, 0.3) is 0 Å². The molecule has 3 N–H and O–H groups in total. The second kappa shape index (κ2) is 3.24. The Morgan fingerprint density at radius 2 is 2.00 bits per heavy atom. The fourth-order valence-electron chi connectivity index (χ4n) is 0.682. The van der Waals surface area contributed by atoms with E-state index in [-0.39, 0.29) is 5.17 Å². The van der Waals surface area contributed by atoms with Crippen LogP contribution in [0.3, 0.4) is 0 Å². The molecule has 0 aromatic heterocycles. The van der Waals surface area contributed by atoms with Crippen molar-refractivity contribution in [2.45, 2.75) is 0 Å². The van der Waals surface area contributed by atoms with E-state index >= 15 is 0 Å². The first kappa shape index (κ1) is 9.21. The highest BCUT2D eigenvalue weighted by Gasteiger charge is 2.20. The number of rotatable bonds is 0. The number of hydrogen-bond donors (Lipinski definition) is 3. The van der Waals surface area contributed by atoms with E-state index in [1.54, 1.807) is 23.0 Å². The molecule has 4 nitrogen and oxygen atoms in total. The number of carbonyl (C=O) groups is 1. The van der Waals surface area contributed by atoms with Crippen molar-refractivity contribution in [2.75, 3.05) is 0 Å². The van der Waals surface area contributed by atoms with Crippen LogP contribution < -0.4 is 5.73 Å². The lowest BCUT2D eigenvalue weighted by Crippen LogP contribution is -2.15. The van der Waals surface area contributed by atoms with Crippen molar-refractivity contribution in [3.05, 3.63) is 23.0 Å². The Labute approximate surface area is 76.0 Å². The largest absolute Gasteiger partial charge is 0.463 e. The molecule has 1 heterocycles. The lowest BCUT2D eigenvalue weighted by atomic mass is 10.6. The van der Waals surface area contributed by atoms with Gasteiger partial charge in [0.1, 0.15) is 0 Å². The van der Waals surface area contributed by atoms with Crippen molar-refractivity contribution >= 4 is 32.0 Å². The summed E-state index contributed by atoms with van der Waals surface area (Å²) in [5, 5.41) is 11.9. The van der Waals surface area contributed by atoms with E-state index in [0.717, 1.165) is 0 Å². The van der Waals surface area contributed by atoms with Crippen LogP contribution in [0.1, 0.15) is 0 Å². The van der Waals surface area contributed by atoms with Crippen molar-refractivity contribution < 1.29 is 9.90 Å². The summed E-state index contributed by atoms with van der Waals surface area (Å²) < 4.78 is 0. The molecule has 0 fully saturated rings. The first-order valence-corrected chi connectivity index (χ1v) is 5.83. The fraction of sp³-hybridized carbons (Fsp3) is 0. The monoisotopic (exact) mass is 204 g/mol. The molecular formula is C6H8N2O2S2. The topological polar surface area (TPSA) is 75.7 Å². The maximum Gasteiger partial charge on any atom is 0.433 e. The molecule has 1 aliphatic heterocycles. The second-order valence-electron chi connectivity index (χ2n) is 2.06. The molecule has 1 aliphatic rings. The number of amides is 1. The Morgan fingerprint density at radius 3 is 2.42 bits per heavy atom. The summed E-state index contributed by atoms with van der Waals surface area (Å²) in [6.45, 7) is 0. The maximum absolute atomic E-state index is 10.2. The lowest BCUT2D eigenvalue weighted by Gasteiger charge is -2.22. The average molecular weight is 204 g/mol. The third-order valence-corrected chi connectivity index (χ3v) is 4.42. The van der Waals surface area contributed by atoms with Gasteiger partial charge in [0.05, 0.1) is 0 Å². The molecule has 1 amide bonds. The van der Waals surface area contributed by atoms with Gasteiger partial charge in [-0.3, -0.25) is 0 Å². The quantitative estimate of drug-likeness (QED) is 0.243. The van der Waals surface area contributed by atoms with E-state index in [2.05, 4.69) is 16.7 Å². The number of nitrogens with zero attached hydrogens (tertiary/aromatic N) is 1. The summed E-state index contributed by atoms with van der Waals surface area (Å²) in [5.74, 6) is 0. The number of carboxylic acid groups (broad SMARTS) is 1. The van der Waals surface area contributed by atoms with Crippen molar-refractivity contribution in [1.82, 2.24) is 0 Å². The molecule has 0 atom stereocenters. The summed E-state index contributed by atoms with van der Waals surface area (Å²) >= 11 is 4.24. The van der Waals surface area contributed by atoms with E-state index in [0.29, 0.717) is 0 Å². The SMILES string of the molecule is NC(=NC(=O)O)S1(S)C=CC=C1. The molecule has 0 aliphatic carbocycles. The molecule has 0 aromatic rings. The van der Waals surface area contributed by atoms with Gasteiger partial charge in [0.25, 0.3) is 0 Å². The molecule has 6 heteroatoms. The molecule has 12 heavy (non-hydrogen) atoms. The Bertz CT molecular complexity index is 284. The molecule has 0 aromatic carbocycles. The van der Waals surface area contributed by atoms with Crippen LogP contribution in [0.4, 0.5) is 4.79 Å². The highest BCUT2D eigenvalue weighted by molar-refractivity contribution is 8.96. The predicted molar refractivity (Wildman–Crippen MR) is 54.5 cm³/mol. The third-order valence-electron chi connectivity index (χ3n) is 1.22. The number of aliphatic imine (C=N–C) groups is 1. The summed E-state index contributed by atoms with van der Waals surface area (Å²) in [5.41, 5.74) is 5.44. The molecule has 0 spiro atoms. The van der Waals surface area contributed by atoms with Gasteiger partial charge >= 0.3 is 6.09 Å². The van der Waals surface area contributed by atoms with Crippen LogP contribution >= 0.6 is 20.7 Å². The van der Waals surface area contributed by atoms with Crippen LogP contribution in [-0.2, 0) is 0 Å². The van der Waals surface area contributed by atoms with Crippen molar-refractivity contribution in [3.8, 4) is 0 Å². The van der Waals surface area contributed by atoms with Crippen LogP contribution in [0.2, 0.25) is 0 Å². The zero-order valence-electron chi connectivity index (χ0n) is 6.04. The van der Waals surface area contributed by atoms with Crippen LogP contribution in [0.15, 0.2) is 28.0 Å². The summed E-state index contributed by atoms with van der Waals surface area (Å²) in [4.78, 5) is 13.4. The van der Waals surface area contributed by atoms with Gasteiger partial charge in [-0.2, -0.15) is 4.99 Å². The van der Waals surface area contributed by atoms with Gasteiger partial charge in [-0.15, -0.1) is 11.7 Å². The zero-order valence-corrected chi connectivity index (χ0v) is 7.76. The van der Waals surface area contributed by atoms with Crippen LogP contribution in [-0.4, -0.2) is 16.4 Å². The molecule has 0 radical (unpaired) electrons. The average Bonchev–Trinajstić information content (AvgIpc) is 2.36. The molecule has 0 unspecified atom stereocenters. The number of allylic oxidation sites excluding steroid dienone is 2. The Balaban J connectivity index is 2.90. The normalized spacial score (nSPS) is 22.6. The van der Waals surface area contributed by atoms with Gasteiger partial charge in [0.2, 0.25) is 0 Å². The smallest absolute Gasteiger partial charge is 0.433 e. The minimum absolute atomic E-state index is 0.0448. The van der Waals surface area contributed by atoms with E-state index in [1.807, 2.05) is 0 Å². The van der Waals surface area contributed by atoms with Gasteiger partial charge < -0.3 is 10.8 Å². The highest BCUT2D eigenvalue weighted by Crippen LogP contribution is 2.57. The van der Waals surface area contributed by atoms with Crippen LogP contribution in [0, 0.1) is 0 Å². The molecular weight excluding hydrogens is 196 g/mol. The number of thiol groups is 1. The summed E-state index contributed by atoms with van der Waals surface area (Å²) in [6, 6.07) is 0. The first-order valence-electron chi connectivity index (χ1n) is 3.02. The number of nitrogens with two attached hydrogens (primary N) is 1. The maximum atomic E-state index is 10.2. The fourth-order valence-corrected chi connectivity index (χ4v) is 2.48. The zero-order chi connectivity index (χ0) is 9.19. The van der Waals surface area contributed by atoms with E-state index in [4.69, 9.17) is 10.8 Å². The van der Waals surface area contributed by atoms with Gasteiger partial charge in [-0.1, -0.05) is 21.2 Å². The highest BCUT2D eigenvalue weighted by atomic mass is 33.1. The minimum Gasteiger partial charge on any atom is -0.463 e. The van der Waals surface area contributed by atoms with Crippen molar-refractivity contribution in [3.63, 3.8) is 0 Å². The first-order chi connectivity index (χ1) is 5.54. The van der Waals surface area contributed by atoms with Gasteiger partial charge in [-0.25, -0.2) is 4.79 Å². The lowest BCUT2D eigenvalue weighted by molar-refractivity contribution is 0.206. The van der Waals surface area contributed by atoms with E-state index in [1.165, 1.54) is 0 Å². The van der Waals surface area contributed by atoms with Crippen LogP contribution in [0.5, 0.6) is 0 Å². The molecule has 0 saturated carbocycles. The minimum atomic E-state index is -1.70. The summed E-state index contributed by atoms with van der Waals surface area (Å²) in [6.07, 6.45) is 2.25. The second-order valence-corrected chi connectivity index (χ2v) is 6.19. The van der Waals surface area contributed by atoms with E-state index in [9.17, 15) is 4.79 Å². The van der Waals surface area contributed by atoms with E-state index < -0.39 is 15.2 Å². The number of amidine groups is 1. The molecule has 0 saturated heterocycles.